The van der Waals surface area contributed by atoms with E-state index in [4.69, 9.17) is 5.11 Å². The largest absolute Gasteiger partial charge is 0.481 e. The Balaban J connectivity index is 2.78. The van der Waals surface area contributed by atoms with Crippen LogP contribution >= 0.6 is 11.8 Å². The maximum atomic E-state index is 10.8. The Hall–Kier alpha value is -1.00. The smallest absolute Gasteiger partial charge is 0.303 e. The first kappa shape index (κ1) is 15.1. The second kappa shape index (κ2) is 7.44. The minimum Gasteiger partial charge on any atom is -0.481 e. The number of hydrogen-bond donors (Lipinski definition) is 2. The molecular weight excluding hydrogens is 246 g/mol. The van der Waals surface area contributed by atoms with Crippen LogP contribution < -0.4 is 5.32 Å². The Kier molecular flexibility index (Phi) is 6.22. The van der Waals surface area contributed by atoms with Crippen molar-refractivity contribution in [1.82, 2.24) is 5.32 Å². The fourth-order valence-corrected chi connectivity index (χ4v) is 2.77. The molecule has 0 aliphatic heterocycles. The fraction of sp³-hybridized carbons (Fsp3) is 0.500. The molecule has 0 saturated carbocycles. The van der Waals surface area contributed by atoms with E-state index in [-0.39, 0.29) is 18.4 Å². The zero-order valence-electron chi connectivity index (χ0n) is 11.1. The maximum absolute atomic E-state index is 10.8. The van der Waals surface area contributed by atoms with Crippen LogP contribution in [-0.4, -0.2) is 23.9 Å². The summed E-state index contributed by atoms with van der Waals surface area (Å²) in [7, 11) is 1.87. The van der Waals surface area contributed by atoms with E-state index < -0.39 is 5.97 Å². The Bertz CT molecular complexity index is 378. The second-order valence-electron chi connectivity index (χ2n) is 4.34. The van der Waals surface area contributed by atoms with Crippen molar-refractivity contribution in [2.75, 3.05) is 12.8 Å². The highest BCUT2D eigenvalue weighted by atomic mass is 32.2. The number of rotatable bonds is 7. The van der Waals surface area contributed by atoms with Crippen molar-refractivity contribution in [2.24, 2.45) is 5.92 Å². The van der Waals surface area contributed by atoms with E-state index in [1.807, 2.05) is 25.7 Å². The number of carboxylic acid groups (broad SMARTS) is 1. The van der Waals surface area contributed by atoms with Gasteiger partial charge in [0.15, 0.2) is 0 Å². The average molecular weight is 267 g/mol. The zero-order chi connectivity index (χ0) is 13.5. The predicted octanol–water partition coefficient (Wildman–Crippen LogP) is 3.17. The fourth-order valence-electron chi connectivity index (χ4n) is 2.11. The summed E-state index contributed by atoms with van der Waals surface area (Å²) >= 11 is 1.81. The molecule has 18 heavy (non-hydrogen) atoms. The highest BCUT2D eigenvalue weighted by Crippen LogP contribution is 2.26. The van der Waals surface area contributed by atoms with Crippen molar-refractivity contribution >= 4 is 17.7 Å². The molecule has 0 radical (unpaired) electrons. The van der Waals surface area contributed by atoms with Crippen LogP contribution in [0, 0.1) is 5.92 Å². The van der Waals surface area contributed by atoms with Gasteiger partial charge < -0.3 is 10.4 Å². The standard InChI is InChI=1S/C14H21NO2S/c1-4-18-12-7-5-11(6-8-12)14(15-3)10(2)9-13(16)17/h5-8,10,14-15H,4,9H2,1-3H3,(H,16,17). The van der Waals surface area contributed by atoms with Crippen LogP contribution in [0.1, 0.15) is 31.9 Å². The molecule has 0 amide bonds. The van der Waals surface area contributed by atoms with Crippen molar-refractivity contribution in [2.45, 2.75) is 31.2 Å². The van der Waals surface area contributed by atoms with E-state index in [0.717, 1.165) is 11.3 Å². The number of hydrogen-bond acceptors (Lipinski definition) is 3. The lowest BCUT2D eigenvalue weighted by Gasteiger charge is -2.23. The maximum Gasteiger partial charge on any atom is 0.303 e. The van der Waals surface area contributed by atoms with Gasteiger partial charge in [-0.15, -0.1) is 11.8 Å². The molecule has 1 aromatic carbocycles. The summed E-state index contributed by atoms with van der Waals surface area (Å²) in [5.74, 6) is 0.377. The highest BCUT2D eigenvalue weighted by Gasteiger charge is 2.19. The van der Waals surface area contributed by atoms with Gasteiger partial charge in [-0.3, -0.25) is 4.79 Å². The van der Waals surface area contributed by atoms with E-state index in [1.54, 1.807) is 0 Å². The Morgan fingerprint density at radius 3 is 2.44 bits per heavy atom. The second-order valence-corrected chi connectivity index (χ2v) is 5.68. The molecule has 1 aromatic rings. The molecule has 2 atom stereocenters. The van der Waals surface area contributed by atoms with Gasteiger partial charge in [0.05, 0.1) is 0 Å². The number of nitrogens with one attached hydrogen (secondary N) is 1. The first-order valence-electron chi connectivity index (χ1n) is 6.20. The Morgan fingerprint density at radius 2 is 2.00 bits per heavy atom. The number of benzene rings is 1. The molecule has 3 nitrogen and oxygen atoms in total. The van der Waals surface area contributed by atoms with E-state index >= 15 is 0 Å². The van der Waals surface area contributed by atoms with Crippen molar-refractivity contribution in [3.8, 4) is 0 Å². The van der Waals surface area contributed by atoms with E-state index in [9.17, 15) is 4.79 Å². The van der Waals surface area contributed by atoms with Crippen LogP contribution in [0.15, 0.2) is 29.2 Å². The molecule has 0 aromatic heterocycles. The molecule has 2 N–H and O–H groups in total. The van der Waals surface area contributed by atoms with Gasteiger partial charge in [0, 0.05) is 17.4 Å². The van der Waals surface area contributed by atoms with Gasteiger partial charge in [-0.1, -0.05) is 26.0 Å². The van der Waals surface area contributed by atoms with Gasteiger partial charge in [-0.05, 0) is 36.4 Å². The topological polar surface area (TPSA) is 49.3 Å². The van der Waals surface area contributed by atoms with Crippen LogP contribution in [0.25, 0.3) is 0 Å². The van der Waals surface area contributed by atoms with Crippen LogP contribution in [0.4, 0.5) is 0 Å². The molecule has 0 aliphatic carbocycles. The van der Waals surface area contributed by atoms with Crippen molar-refractivity contribution in [3.05, 3.63) is 29.8 Å². The minimum absolute atomic E-state index is 0.0668. The molecule has 0 fully saturated rings. The van der Waals surface area contributed by atoms with Gasteiger partial charge in [0.1, 0.15) is 0 Å². The number of carboxylic acids is 1. The molecule has 1 rings (SSSR count). The lowest BCUT2D eigenvalue weighted by molar-refractivity contribution is -0.138. The Labute approximate surface area is 113 Å². The van der Waals surface area contributed by atoms with E-state index in [0.29, 0.717) is 0 Å². The molecule has 100 valence electrons. The zero-order valence-corrected chi connectivity index (χ0v) is 12.0. The van der Waals surface area contributed by atoms with Gasteiger partial charge in [0.2, 0.25) is 0 Å². The molecule has 0 saturated heterocycles. The summed E-state index contributed by atoms with van der Waals surface area (Å²) in [4.78, 5) is 12.0. The molecular formula is C14H21NO2S. The first-order chi connectivity index (χ1) is 8.58. The predicted molar refractivity (Wildman–Crippen MR) is 76.1 cm³/mol. The lowest BCUT2D eigenvalue weighted by atomic mass is 9.92. The van der Waals surface area contributed by atoms with E-state index in [2.05, 4.69) is 36.5 Å². The van der Waals surface area contributed by atoms with Gasteiger partial charge >= 0.3 is 5.97 Å². The highest BCUT2D eigenvalue weighted by molar-refractivity contribution is 7.99. The van der Waals surface area contributed by atoms with Crippen LogP contribution in [0.5, 0.6) is 0 Å². The van der Waals surface area contributed by atoms with Crippen LogP contribution in [0.2, 0.25) is 0 Å². The summed E-state index contributed by atoms with van der Waals surface area (Å²) in [6.07, 6.45) is 0.178. The summed E-state index contributed by atoms with van der Waals surface area (Å²) in [6.45, 7) is 4.09. The summed E-state index contributed by atoms with van der Waals surface area (Å²) in [6, 6.07) is 8.44. The summed E-state index contributed by atoms with van der Waals surface area (Å²) < 4.78 is 0. The van der Waals surface area contributed by atoms with Crippen molar-refractivity contribution < 1.29 is 9.90 Å². The third-order valence-corrected chi connectivity index (χ3v) is 3.82. The lowest BCUT2D eigenvalue weighted by Crippen LogP contribution is -2.25. The van der Waals surface area contributed by atoms with E-state index in [1.165, 1.54) is 4.90 Å². The first-order valence-corrected chi connectivity index (χ1v) is 7.18. The van der Waals surface area contributed by atoms with Crippen LogP contribution in [0.3, 0.4) is 0 Å². The quantitative estimate of drug-likeness (QED) is 0.745. The monoisotopic (exact) mass is 267 g/mol. The minimum atomic E-state index is -0.749. The van der Waals surface area contributed by atoms with Gasteiger partial charge in [0.25, 0.3) is 0 Å². The number of aliphatic carboxylic acids is 1. The third kappa shape index (κ3) is 4.35. The normalized spacial score (nSPS) is 14.2. The summed E-state index contributed by atoms with van der Waals surface area (Å²) in [5.41, 5.74) is 1.15. The third-order valence-electron chi connectivity index (χ3n) is 2.93. The van der Waals surface area contributed by atoms with Crippen molar-refractivity contribution in [1.29, 1.82) is 0 Å². The van der Waals surface area contributed by atoms with Crippen LogP contribution in [-0.2, 0) is 4.79 Å². The van der Waals surface area contributed by atoms with Gasteiger partial charge in [-0.2, -0.15) is 0 Å². The molecule has 4 heteroatoms. The van der Waals surface area contributed by atoms with Gasteiger partial charge in [-0.25, -0.2) is 0 Å². The number of thioether (sulfide) groups is 1. The number of carbonyl (C=O) groups is 1. The van der Waals surface area contributed by atoms with Crippen molar-refractivity contribution in [3.63, 3.8) is 0 Å². The molecule has 0 aliphatic rings. The molecule has 2 unspecified atom stereocenters. The molecule has 0 spiro atoms. The average Bonchev–Trinajstić information content (AvgIpc) is 2.31. The molecule has 0 heterocycles. The SMILES string of the molecule is CCSc1ccc(C(NC)C(C)CC(=O)O)cc1. The summed E-state index contributed by atoms with van der Waals surface area (Å²) in [5, 5.41) is 12.1. The molecule has 0 bridgehead atoms. The Morgan fingerprint density at radius 1 is 1.39 bits per heavy atom.